The molecule has 124 valence electrons. The van der Waals surface area contributed by atoms with Gasteiger partial charge in [0.15, 0.2) is 11.5 Å². The molecule has 1 atom stereocenters. The van der Waals surface area contributed by atoms with E-state index in [1.54, 1.807) is 24.5 Å². The van der Waals surface area contributed by atoms with E-state index in [-0.39, 0.29) is 11.9 Å². The molecule has 0 radical (unpaired) electrons. The second-order valence-electron chi connectivity index (χ2n) is 6.15. The Bertz CT molecular complexity index is 733. The van der Waals surface area contributed by atoms with Crippen molar-refractivity contribution in [3.05, 3.63) is 53.9 Å². The maximum Gasteiger partial charge on any atom is 0.254 e. The predicted octanol–water partition coefficient (Wildman–Crippen LogP) is 3.22. The maximum atomic E-state index is 12.8. The topological polar surface area (TPSA) is 51.7 Å². The van der Waals surface area contributed by atoms with Crippen LogP contribution >= 0.6 is 0 Å². The minimum absolute atomic E-state index is 0.0620. The first-order valence-corrected chi connectivity index (χ1v) is 8.43. The monoisotopic (exact) mass is 324 g/mol. The van der Waals surface area contributed by atoms with Crippen LogP contribution in [0, 0.1) is 0 Å². The molecule has 2 aliphatic rings. The van der Waals surface area contributed by atoms with E-state index in [2.05, 4.69) is 11.1 Å². The third kappa shape index (κ3) is 2.82. The quantitative estimate of drug-likeness (QED) is 0.851. The van der Waals surface area contributed by atoms with Crippen LogP contribution in [0.5, 0.6) is 11.5 Å². The van der Waals surface area contributed by atoms with E-state index in [1.165, 1.54) is 0 Å². The summed E-state index contributed by atoms with van der Waals surface area (Å²) < 4.78 is 11.5. The summed E-state index contributed by atoms with van der Waals surface area (Å²) in [6.45, 7) is 2.13. The summed E-state index contributed by atoms with van der Waals surface area (Å²) in [6, 6.07) is 9.67. The molecule has 2 aliphatic heterocycles. The fraction of sp³-hybridized carbons (Fsp3) is 0.368. The number of rotatable bonds is 2. The first-order valence-electron chi connectivity index (χ1n) is 8.43. The Labute approximate surface area is 141 Å². The zero-order valence-electron chi connectivity index (χ0n) is 13.5. The number of nitrogens with zero attached hydrogens (tertiary/aromatic N) is 2. The molecule has 24 heavy (non-hydrogen) atoms. The lowest BCUT2D eigenvalue weighted by Gasteiger charge is -2.25. The maximum absolute atomic E-state index is 12.8. The molecule has 1 amide bonds. The lowest BCUT2D eigenvalue weighted by Crippen LogP contribution is -2.30. The summed E-state index contributed by atoms with van der Waals surface area (Å²) in [7, 11) is 0. The number of hydrogen-bond donors (Lipinski definition) is 0. The lowest BCUT2D eigenvalue weighted by atomic mass is 10.0. The predicted molar refractivity (Wildman–Crippen MR) is 89.3 cm³/mol. The van der Waals surface area contributed by atoms with Gasteiger partial charge in [0.1, 0.15) is 0 Å². The third-order valence-corrected chi connectivity index (χ3v) is 4.60. The highest BCUT2D eigenvalue weighted by Crippen LogP contribution is 2.38. The van der Waals surface area contributed by atoms with Gasteiger partial charge in [-0.05, 0) is 42.7 Å². The van der Waals surface area contributed by atoms with Gasteiger partial charge in [-0.15, -0.1) is 0 Å². The van der Waals surface area contributed by atoms with Crippen LogP contribution in [-0.2, 0) is 0 Å². The molecule has 1 aromatic carbocycles. The average Bonchev–Trinajstić information content (AvgIpc) is 3.00. The molecule has 4 rings (SSSR count). The Hall–Kier alpha value is -2.56. The van der Waals surface area contributed by atoms with Gasteiger partial charge in [-0.25, -0.2) is 0 Å². The van der Waals surface area contributed by atoms with Crippen LogP contribution in [-0.4, -0.2) is 35.5 Å². The molecule has 1 saturated heterocycles. The van der Waals surface area contributed by atoms with Crippen molar-refractivity contribution in [3.63, 3.8) is 0 Å². The summed E-state index contributed by atoms with van der Waals surface area (Å²) in [5, 5.41) is 0. The van der Waals surface area contributed by atoms with Gasteiger partial charge in [-0.2, -0.15) is 0 Å². The number of carbonyl (C=O) groups excluding carboxylic acids is 1. The van der Waals surface area contributed by atoms with Crippen molar-refractivity contribution in [3.8, 4) is 11.5 Å². The van der Waals surface area contributed by atoms with Gasteiger partial charge in [-0.3, -0.25) is 9.78 Å². The van der Waals surface area contributed by atoms with E-state index in [1.807, 2.05) is 17.0 Å². The lowest BCUT2D eigenvalue weighted by molar-refractivity contribution is 0.0735. The SMILES string of the molecule is O=C(c1ccncc1)N1CCCC1c1ccc2c(c1)OCCCO2. The minimum Gasteiger partial charge on any atom is -0.490 e. The second kappa shape index (κ2) is 6.51. The zero-order valence-corrected chi connectivity index (χ0v) is 13.5. The van der Waals surface area contributed by atoms with Crippen LogP contribution in [0.4, 0.5) is 0 Å². The Morgan fingerprint density at radius 3 is 2.67 bits per heavy atom. The van der Waals surface area contributed by atoms with Crippen LogP contribution in [0.15, 0.2) is 42.7 Å². The van der Waals surface area contributed by atoms with Gasteiger partial charge in [0.2, 0.25) is 0 Å². The van der Waals surface area contributed by atoms with Gasteiger partial charge in [0.05, 0.1) is 19.3 Å². The van der Waals surface area contributed by atoms with E-state index >= 15 is 0 Å². The van der Waals surface area contributed by atoms with Gasteiger partial charge < -0.3 is 14.4 Å². The van der Waals surface area contributed by atoms with Crippen LogP contribution in [0.3, 0.4) is 0 Å². The largest absolute Gasteiger partial charge is 0.490 e. The minimum atomic E-state index is 0.0620. The van der Waals surface area contributed by atoms with Gasteiger partial charge in [0.25, 0.3) is 5.91 Å². The van der Waals surface area contributed by atoms with Crippen LogP contribution in [0.1, 0.15) is 41.2 Å². The van der Waals surface area contributed by atoms with Crippen LogP contribution in [0.25, 0.3) is 0 Å². The molecule has 1 aromatic heterocycles. The molecule has 5 heteroatoms. The standard InChI is InChI=1S/C19H20N2O3/c22-19(14-6-8-20-9-7-14)21-10-1-3-16(21)15-4-5-17-18(13-15)24-12-2-11-23-17/h4-9,13,16H,1-3,10-12H2. The Morgan fingerprint density at radius 1 is 1.04 bits per heavy atom. The highest BCUT2D eigenvalue weighted by molar-refractivity contribution is 5.94. The first-order chi connectivity index (χ1) is 11.8. The zero-order chi connectivity index (χ0) is 16.4. The highest BCUT2D eigenvalue weighted by atomic mass is 16.5. The number of pyridine rings is 1. The van der Waals surface area contributed by atoms with Crippen molar-refractivity contribution in [2.45, 2.75) is 25.3 Å². The fourth-order valence-electron chi connectivity index (χ4n) is 3.40. The molecular weight excluding hydrogens is 304 g/mol. The van der Waals surface area contributed by atoms with E-state index < -0.39 is 0 Å². The molecule has 1 unspecified atom stereocenters. The Balaban J connectivity index is 1.61. The van der Waals surface area contributed by atoms with E-state index in [0.29, 0.717) is 18.8 Å². The van der Waals surface area contributed by atoms with Gasteiger partial charge >= 0.3 is 0 Å². The molecule has 0 saturated carbocycles. The number of likely N-dealkylation sites (tertiary alicyclic amines) is 1. The number of benzene rings is 1. The summed E-state index contributed by atoms with van der Waals surface area (Å²) in [6.07, 6.45) is 6.18. The van der Waals surface area contributed by atoms with Crippen molar-refractivity contribution >= 4 is 5.91 Å². The number of carbonyl (C=O) groups is 1. The summed E-state index contributed by atoms with van der Waals surface area (Å²) in [4.78, 5) is 18.8. The number of aromatic nitrogens is 1. The molecule has 1 fully saturated rings. The second-order valence-corrected chi connectivity index (χ2v) is 6.15. The molecule has 0 N–H and O–H groups in total. The molecule has 2 aromatic rings. The molecular formula is C19H20N2O3. The van der Waals surface area contributed by atoms with E-state index in [9.17, 15) is 4.79 Å². The van der Waals surface area contributed by atoms with E-state index in [0.717, 1.165) is 42.9 Å². The first kappa shape index (κ1) is 15.0. The third-order valence-electron chi connectivity index (χ3n) is 4.60. The summed E-state index contributed by atoms with van der Waals surface area (Å²) >= 11 is 0. The Kier molecular flexibility index (Phi) is 4.07. The van der Waals surface area contributed by atoms with Crippen LogP contribution < -0.4 is 9.47 Å². The number of hydrogen-bond acceptors (Lipinski definition) is 4. The van der Waals surface area contributed by atoms with Gasteiger partial charge in [-0.1, -0.05) is 6.07 Å². The van der Waals surface area contributed by atoms with Crippen molar-refractivity contribution < 1.29 is 14.3 Å². The van der Waals surface area contributed by atoms with Crippen molar-refractivity contribution in [2.75, 3.05) is 19.8 Å². The van der Waals surface area contributed by atoms with Crippen LogP contribution in [0.2, 0.25) is 0 Å². The number of fused-ring (bicyclic) bond motifs is 1. The van der Waals surface area contributed by atoms with E-state index in [4.69, 9.17) is 9.47 Å². The Morgan fingerprint density at radius 2 is 1.83 bits per heavy atom. The molecule has 0 spiro atoms. The molecule has 3 heterocycles. The van der Waals surface area contributed by atoms with Crippen molar-refractivity contribution in [1.29, 1.82) is 0 Å². The summed E-state index contributed by atoms with van der Waals surface area (Å²) in [5.41, 5.74) is 1.80. The summed E-state index contributed by atoms with van der Waals surface area (Å²) in [5.74, 6) is 1.64. The smallest absolute Gasteiger partial charge is 0.254 e. The van der Waals surface area contributed by atoms with Gasteiger partial charge in [0, 0.05) is 30.9 Å². The highest BCUT2D eigenvalue weighted by Gasteiger charge is 2.31. The van der Waals surface area contributed by atoms with Crippen molar-refractivity contribution in [1.82, 2.24) is 9.88 Å². The molecule has 5 nitrogen and oxygen atoms in total. The molecule has 0 bridgehead atoms. The normalized spacial score (nSPS) is 19.8. The number of amides is 1. The van der Waals surface area contributed by atoms with Crippen molar-refractivity contribution in [2.24, 2.45) is 0 Å². The number of ether oxygens (including phenoxy) is 2. The fourth-order valence-corrected chi connectivity index (χ4v) is 3.40. The average molecular weight is 324 g/mol. The molecule has 0 aliphatic carbocycles.